The van der Waals surface area contributed by atoms with E-state index in [9.17, 15) is 9.18 Å². The van der Waals surface area contributed by atoms with Crippen LogP contribution in [0.3, 0.4) is 0 Å². The molecule has 1 heterocycles. The molecule has 1 N–H and O–H groups in total. The second-order valence-corrected chi connectivity index (χ2v) is 4.38. The first kappa shape index (κ1) is 13.1. The molecule has 18 heavy (non-hydrogen) atoms. The zero-order chi connectivity index (χ0) is 13.0. The number of rotatable bonds is 3. The summed E-state index contributed by atoms with van der Waals surface area (Å²) in [7, 11) is 0. The van der Waals surface area contributed by atoms with Gasteiger partial charge in [-0.25, -0.2) is 4.39 Å². The Bertz CT molecular complexity index is 436. The Morgan fingerprint density at radius 1 is 1.44 bits per heavy atom. The van der Waals surface area contributed by atoms with Gasteiger partial charge in [0, 0.05) is 13.1 Å². The smallest absolute Gasteiger partial charge is 0.242 e. The van der Waals surface area contributed by atoms with Crippen LogP contribution in [0.25, 0.3) is 0 Å². The summed E-state index contributed by atoms with van der Waals surface area (Å²) in [6.45, 7) is 2.51. The molecule has 0 aromatic heterocycles. The molecule has 1 aromatic rings. The molecule has 1 aliphatic heterocycles. The molecule has 0 bridgehead atoms. The fraction of sp³-hybridized carbons (Fsp3) is 0.417. The fourth-order valence-corrected chi connectivity index (χ4v) is 1.96. The predicted molar refractivity (Wildman–Crippen MR) is 67.3 cm³/mol. The minimum Gasteiger partial charge on any atom is -0.378 e. The third kappa shape index (κ3) is 3.34. The second-order valence-electron chi connectivity index (χ2n) is 3.97. The first-order valence-electron chi connectivity index (χ1n) is 5.71. The van der Waals surface area contributed by atoms with E-state index in [1.807, 2.05) is 0 Å². The van der Waals surface area contributed by atoms with Gasteiger partial charge in [-0.15, -0.1) is 0 Å². The number of benzene rings is 1. The van der Waals surface area contributed by atoms with Gasteiger partial charge in [0.2, 0.25) is 5.91 Å². The highest BCUT2D eigenvalue weighted by Crippen LogP contribution is 2.22. The molecule has 0 unspecified atom stereocenters. The van der Waals surface area contributed by atoms with Crippen molar-refractivity contribution in [3.8, 4) is 0 Å². The molecular formula is C12H14ClFN2O2. The van der Waals surface area contributed by atoms with Crippen LogP contribution in [0, 0.1) is 5.82 Å². The predicted octanol–water partition coefficient (Wildman–Crippen LogP) is 1.75. The van der Waals surface area contributed by atoms with Crippen LogP contribution >= 0.6 is 11.6 Å². The Morgan fingerprint density at radius 2 is 2.17 bits per heavy atom. The Hall–Kier alpha value is -1.33. The summed E-state index contributed by atoms with van der Waals surface area (Å²) in [5.41, 5.74) is 0.555. The van der Waals surface area contributed by atoms with Gasteiger partial charge in [-0.05, 0) is 18.2 Å². The number of carbonyl (C=O) groups excluding carboxylic acids is 1. The highest BCUT2D eigenvalue weighted by molar-refractivity contribution is 6.33. The minimum absolute atomic E-state index is 0.0151. The number of anilines is 1. The summed E-state index contributed by atoms with van der Waals surface area (Å²) >= 11 is 5.85. The summed E-state index contributed by atoms with van der Waals surface area (Å²) in [6, 6.07) is 4.03. The van der Waals surface area contributed by atoms with Crippen LogP contribution in [0.1, 0.15) is 0 Å². The van der Waals surface area contributed by atoms with E-state index in [1.54, 1.807) is 4.90 Å². The van der Waals surface area contributed by atoms with Crippen LogP contribution in [0.5, 0.6) is 0 Å². The molecule has 98 valence electrons. The van der Waals surface area contributed by atoms with Gasteiger partial charge < -0.3 is 15.0 Å². The van der Waals surface area contributed by atoms with Gasteiger partial charge in [-0.2, -0.15) is 0 Å². The number of halogens is 2. The zero-order valence-corrected chi connectivity index (χ0v) is 10.5. The number of ether oxygens (including phenoxy) is 1. The van der Waals surface area contributed by atoms with Gasteiger partial charge in [0.1, 0.15) is 5.82 Å². The third-order valence-electron chi connectivity index (χ3n) is 2.72. The number of amides is 1. The van der Waals surface area contributed by atoms with Crippen molar-refractivity contribution >= 4 is 23.2 Å². The maximum absolute atomic E-state index is 12.8. The van der Waals surface area contributed by atoms with Crippen molar-refractivity contribution in [3.05, 3.63) is 29.0 Å². The Kier molecular flexibility index (Phi) is 4.38. The topological polar surface area (TPSA) is 41.6 Å². The number of nitrogens with zero attached hydrogens (tertiary/aromatic N) is 1. The van der Waals surface area contributed by atoms with Crippen LogP contribution in [0.4, 0.5) is 10.1 Å². The monoisotopic (exact) mass is 272 g/mol. The summed E-state index contributed by atoms with van der Waals surface area (Å²) in [6.07, 6.45) is 0. The molecule has 0 saturated carbocycles. The fourth-order valence-electron chi connectivity index (χ4n) is 1.73. The Labute approximate surface area is 110 Å². The van der Waals surface area contributed by atoms with E-state index in [0.717, 1.165) is 0 Å². The molecule has 1 saturated heterocycles. The first-order chi connectivity index (χ1) is 8.66. The molecule has 0 atom stereocenters. The second kappa shape index (κ2) is 6.02. The highest BCUT2D eigenvalue weighted by Gasteiger charge is 2.16. The van der Waals surface area contributed by atoms with Gasteiger partial charge >= 0.3 is 0 Å². The molecular weight excluding hydrogens is 259 g/mol. The van der Waals surface area contributed by atoms with Crippen LogP contribution in [-0.4, -0.2) is 43.7 Å². The first-order valence-corrected chi connectivity index (χ1v) is 6.09. The van der Waals surface area contributed by atoms with E-state index in [2.05, 4.69) is 5.32 Å². The third-order valence-corrected chi connectivity index (χ3v) is 3.04. The maximum atomic E-state index is 12.8. The van der Waals surface area contributed by atoms with E-state index in [-0.39, 0.29) is 17.5 Å². The van der Waals surface area contributed by atoms with Crippen molar-refractivity contribution in [3.63, 3.8) is 0 Å². The maximum Gasteiger partial charge on any atom is 0.242 e. The largest absolute Gasteiger partial charge is 0.378 e. The van der Waals surface area contributed by atoms with E-state index < -0.39 is 5.82 Å². The van der Waals surface area contributed by atoms with Gasteiger partial charge in [0.25, 0.3) is 0 Å². The van der Waals surface area contributed by atoms with Gasteiger partial charge in [0.15, 0.2) is 0 Å². The van der Waals surface area contributed by atoms with Gasteiger partial charge in [0.05, 0.1) is 30.5 Å². The van der Waals surface area contributed by atoms with E-state index >= 15 is 0 Å². The lowest BCUT2D eigenvalue weighted by Gasteiger charge is -2.27. The number of morpholine rings is 1. The number of carbonyl (C=O) groups is 1. The van der Waals surface area contributed by atoms with Crippen molar-refractivity contribution in [2.45, 2.75) is 0 Å². The molecule has 1 aliphatic rings. The Morgan fingerprint density at radius 3 is 2.83 bits per heavy atom. The molecule has 0 spiro atoms. The lowest BCUT2D eigenvalue weighted by atomic mass is 10.3. The van der Waals surface area contributed by atoms with Crippen LogP contribution in [-0.2, 0) is 9.53 Å². The summed E-state index contributed by atoms with van der Waals surface area (Å²) in [5.74, 6) is -0.413. The number of nitrogens with one attached hydrogen (secondary N) is 1. The van der Waals surface area contributed by atoms with Crippen molar-refractivity contribution < 1.29 is 13.9 Å². The molecule has 1 fully saturated rings. The molecule has 0 radical (unpaired) electrons. The molecule has 0 aliphatic carbocycles. The SMILES string of the molecule is O=C(CNc1ccc(F)cc1Cl)N1CCOCC1. The van der Waals surface area contributed by atoms with Crippen LogP contribution < -0.4 is 5.32 Å². The molecule has 4 nitrogen and oxygen atoms in total. The van der Waals surface area contributed by atoms with E-state index in [1.165, 1.54) is 18.2 Å². The summed E-state index contributed by atoms with van der Waals surface area (Å²) < 4.78 is 18.0. The van der Waals surface area contributed by atoms with Crippen molar-refractivity contribution in [2.75, 3.05) is 38.2 Å². The average molecular weight is 273 g/mol. The number of hydrogen-bond donors (Lipinski definition) is 1. The normalized spacial score (nSPS) is 15.6. The molecule has 1 aromatic carbocycles. The molecule has 1 amide bonds. The lowest BCUT2D eigenvalue weighted by molar-refractivity contribution is -0.133. The molecule has 2 rings (SSSR count). The van der Waals surface area contributed by atoms with E-state index in [0.29, 0.717) is 32.0 Å². The Balaban J connectivity index is 1.88. The average Bonchev–Trinajstić information content (AvgIpc) is 2.38. The number of hydrogen-bond acceptors (Lipinski definition) is 3. The van der Waals surface area contributed by atoms with Crippen LogP contribution in [0.15, 0.2) is 18.2 Å². The molecule has 6 heteroatoms. The standard InChI is InChI=1S/C12H14ClFN2O2/c13-10-7-9(14)1-2-11(10)15-8-12(17)16-3-5-18-6-4-16/h1-2,7,15H,3-6,8H2. The van der Waals surface area contributed by atoms with E-state index in [4.69, 9.17) is 16.3 Å². The summed E-state index contributed by atoms with van der Waals surface area (Å²) in [5, 5.41) is 3.17. The van der Waals surface area contributed by atoms with Crippen LogP contribution in [0.2, 0.25) is 5.02 Å². The van der Waals surface area contributed by atoms with Crippen molar-refractivity contribution in [1.29, 1.82) is 0 Å². The highest BCUT2D eigenvalue weighted by atomic mass is 35.5. The quantitative estimate of drug-likeness (QED) is 0.911. The zero-order valence-electron chi connectivity index (χ0n) is 9.79. The van der Waals surface area contributed by atoms with Crippen molar-refractivity contribution in [2.24, 2.45) is 0 Å². The lowest BCUT2D eigenvalue weighted by Crippen LogP contribution is -2.43. The van der Waals surface area contributed by atoms with Gasteiger partial charge in [-0.1, -0.05) is 11.6 Å². The summed E-state index contributed by atoms with van der Waals surface area (Å²) in [4.78, 5) is 13.6. The van der Waals surface area contributed by atoms with Crippen molar-refractivity contribution in [1.82, 2.24) is 4.90 Å². The minimum atomic E-state index is -0.398. The van der Waals surface area contributed by atoms with Gasteiger partial charge in [-0.3, -0.25) is 4.79 Å².